The average Bonchev–Trinajstić information content (AvgIpc) is 2.82. The van der Waals surface area contributed by atoms with Crippen molar-refractivity contribution in [3.63, 3.8) is 0 Å². The summed E-state index contributed by atoms with van der Waals surface area (Å²) in [5, 5.41) is 16.7. The van der Waals surface area contributed by atoms with Crippen LogP contribution < -0.4 is 16.0 Å². The van der Waals surface area contributed by atoms with E-state index < -0.39 is 0 Å². The molecule has 1 heterocycles. The van der Waals surface area contributed by atoms with E-state index in [4.69, 9.17) is 4.42 Å². The zero-order valence-corrected chi connectivity index (χ0v) is 11.8. The van der Waals surface area contributed by atoms with E-state index in [0.29, 0.717) is 44.0 Å². The summed E-state index contributed by atoms with van der Waals surface area (Å²) >= 11 is 0. The largest absolute Gasteiger partial charge is 0.407 e. The molecule has 0 atom stereocenters. The van der Waals surface area contributed by atoms with E-state index in [1.54, 1.807) is 0 Å². The van der Waals surface area contributed by atoms with Gasteiger partial charge in [0.2, 0.25) is 11.8 Å². The molecule has 0 aromatic carbocycles. The number of hydrogen-bond donors (Lipinski definition) is 3. The van der Waals surface area contributed by atoms with Crippen LogP contribution >= 0.6 is 0 Å². The molecule has 1 amide bonds. The van der Waals surface area contributed by atoms with Gasteiger partial charge in [0.25, 0.3) is 0 Å². The van der Waals surface area contributed by atoms with E-state index >= 15 is 0 Å². The molecule has 0 unspecified atom stereocenters. The van der Waals surface area contributed by atoms with Crippen molar-refractivity contribution in [1.29, 1.82) is 0 Å². The summed E-state index contributed by atoms with van der Waals surface area (Å²) in [7, 11) is 0. The minimum absolute atomic E-state index is 0.0237. The Kier molecular flexibility index (Phi) is 6.88. The average molecular weight is 269 g/mol. The molecule has 0 aliphatic carbocycles. The highest BCUT2D eigenvalue weighted by molar-refractivity contribution is 5.76. The lowest BCUT2D eigenvalue weighted by Crippen LogP contribution is -2.25. The molecule has 0 spiro atoms. The monoisotopic (exact) mass is 269 g/mol. The Hall–Kier alpha value is -1.63. The molecule has 0 fully saturated rings. The van der Waals surface area contributed by atoms with Gasteiger partial charge in [-0.1, -0.05) is 25.9 Å². The van der Waals surface area contributed by atoms with E-state index in [1.165, 1.54) is 0 Å². The molecular weight excluding hydrogens is 246 g/mol. The summed E-state index contributed by atoms with van der Waals surface area (Å²) < 4.78 is 5.37. The Balaban J connectivity index is 2.21. The maximum Gasteiger partial charge on any atom is 0.315 e. The molecule has 0 aliphatic heterocycles. The number of carbonyl (C=O) groups excluding carboxylic acids is 1. The minimum Gasteiger partial charge on any atom is -0.407 e. The molecule has 1 aromatic heterocycles. The lowest BCUT2D eigenvalue weighted by Gasteiger charge is -2.04. The third kappa shape index (κ3) is 6.76. The van der Waals surface area contributed by atoms with Crippen molar-refractivity contribution in [1.82, 2.24) is 20.8 Å². The van der Waals surface area contributed by atoms with Gasteiger partial charge in [0.1, 0.15) is 0 Å². The number of rotatable bonds is 9. The third-order valence-corrected chi connectivity index (χ3v) is 2.33. The van der Waals surface area contributed by atoms with Crippen molar-refractivity contribution in [3.05, 3.63) is 5.89 Å². The Morgan fingerprint density at radius 3 is 2.79 bits per heavy atom. The lowest BCUT2D eigenvalue weighted by molar-refractivity contribution is -0.120. The number of nitrogens with one attached hydrogen (secondary N) is 3. The van der Waals surface area contributed by atoms with Gasteiger partial charge in [0.05, 0.1) is 6.54 Å². The summed E-state index contributed by atoms with van der Waals surface area (Å²) in [5.74, 6) is 0.558. The first-order valence-corrected chi connectivity index (χ1v) is 6.68. The Morgan fingerprint density at radius 1 is 1.32 bits per heavy atom. The smallest absolute Gasteiger partial charge is 0.315 e. The van der Waals surface area contributed by atoms with E-state index in [9.17, 15) is 4.79 Å². The van der Waals surface area contributed by atoms with Crippen molar-refractivity contribution in [2.75, 3.05) is 18.4 Å². The van der Waals surface area contributed by atoms with Crippen molar-refractivity contribution in [2.24, 2.45) is 0 Å². The van der Waals surface area contributed by atoms with Crippen LogP contribution in [0.25, 0.3) is 0 Å². The topological polar surface area (TPSA) is 92.1 Å². The Labute approximate surface area is 113 Å². The van der Waals surface area contributed by atoms with Gasteiger partial charge in [0.15, 0.2) is 0 Å². The molecule has 0 radical (unpaired) electrons. The molecule has 3 N–H and O–H groups in total. The highest BCUT2D eigenvalue weighted by atomic mass is 16.4. The molecule has 7 nitrogen and oxygen atoms in total. The van der Waals surface area contributed by atoms with Crippen molar-refractivity contribution in [2.45, 2.75) is 46.2 Å². The van der Waals surface area contributed by atoms with Gasteiger partial charge < -0.3 is 20.4 Å². The zero-order valence-electron chi connectivity index (χ0n) is 11.8. The van der Waals surface area contributed by atoms with Crippen LogP contribution in [0.1, 0.15) is 39.5 Å². The van der Waals surface area contributed by atoms with Gasteiger partial charge in [-0.3, -0.25) is 4.79 Å². The molecule has 0 saturated heterocycles. The first-order valence-electron chi connectivity index (χ1n) is 6.68. The SMILES string of the molecule is CCCNC(=O)CCNc1nnc(CNC(C)C)o1. The van der Waals surface area contributed by atoms with Gasteiger partial charge >= 0.3 is 6.01 Å². The molecule has 0 bridgehead atoms. The highest BCUT2D eigenvalue weighted by Crippen LogP contribution is 2.05. The van der Waals surface area contributed by atoms with Gasteiger partial charge in [-0.2, -0.15) is 0 Å². The molecule has 1 aromatic rings. The Morgan fingerprint density at radius 2 is 2.11 bits per heavy atom. The van der Waals surface area contributed by atoms with Crippen molar-refractivity contribution in [3.8, 4) is 0 Å². The lowest BCUT2D eigenvalue weighted by atomic mass is 10.4. The summed E-state index contributed by atoms with van der Waals surface area (Å²) in [6.45, 7) is 7.85. The van der Waals surface area contributed by atoms with Crippen LogP contribution in [0, 0.1) is 0 Å². The van der Waals surface area contributed by atoms with Gasteiger partial charge in [0, 0.05) is 25.6 Å². The second-order valence-corrected chi connectivity index (χ2v) is 4.56. The first kappa shape index (κ1) is 15.4. The molecule has 0 saturated carbocycles. The number of aromatic nitrogens is 2. The van der Waals surface area contributed by atoms with Crippen LogP contribution in [0.3, 0.4) is 0 Å². The summed E-state index contributed by atoms with van der Waals surface area (Å²) in [6.07, 6.45) is 1.33. The van der Waals surface area contributed by atoms with E-state index in [0.717, 1.165) is 6.42 Å². The minimum atomic E-state index is 0.0237. The van der Waals surface area contributed by atoms with E-state index in [1.807, 2.05) is 20.8 Å². The predicted octanol–water partition coefficient (Wildman–Crippen LogP) is 0.896. The quantitative estimate of drug-likeness (QED) is 0.617. The highest BCUT2D eigenvalue weighted by Gasteiger charge is 2.06. The molecule has 19 heavy (non-hydrogen) atoms. The van der Waals surface area contributed by atoms with E-state index in [-0.39, 0.29) is 5.91 Å². The maximum atomic E-state index is 11.3. The van der Waals surface area contributed by atoms with E-state index in [2.05, 4.69) is 26.1 Å². The van der Waals surface area contributed by atoms with Gasteiger partial charge in [-0.05, 0) is 6.42 Å². The van der Waals surface area contributed by atoms with Gasteiger partial charge in [-0.25, -0.2) is 0 Å². The number of carbonyl (C=O) groups is 1. The van der Waals surface area contributed by atoms with Crippen LogP contribution in [0.5, 0.6) is 0 Å². The fourth-order valence-electron chi connectivity index (χ4n) is 1.32. The molecule has 0 aliphatic rings. The van der Waals surface area contributed by atoms with Gasteiger partial charge in [-0.15, -0.1) is 5.10 Å². The first-order chi connectivity index (χ1) is 9.11. The van der Waals surface area contributed by atoms with Crippen molar-refractivity contribution >= 4 is 11.9 Å². The molecule has 7 heteroatoms. The predicted molar refractivity (Wildman–Crippen MR) is 72.7 cm³/mol. The van der Waals surface area contributed by atoms with Crippen LogP contribution in [0.2, 0.25) is 0 Å². The standard InChI is InChI=1S/C12H23N5O2/c1-4-6-13-10(18)5-7-14-12-17-16-11(19-12)8-15-9(2)3/h9,15H,4-8H2,1-3H3,(H,13,18)(H,14,17). The molecule has 108 valence electrons. The fourth-order valence-corrected chi connectivity index (χ4v) is 1.32. The fraction of sp³-hybridized carbons (Fsp3) is 0.750. The summed E-state index contributed by atoms with van der Waals surface area (Å²) in [6, 6.07) is 0.717. The molecular formula is C12H23N5O2. The number of anilines is 1. The summed E-state index contributed by atoms with van der Waals surface area (Å²) in [5.41, 5.74) is 0. The number of amides is 1. The maximum absolute atomic E-state index is 11.3. The normalized spacial score (nSPS) is 10.7. The van der Waals surface area contributed by atoms with Crippen molar-refractivity contribution < 1.29 is 9.21 Å². The summed E-state index contributed by atoms with van der Waals surface area (Å²) in [4.78, 5) is 11.3. The number of hydrogen-bond acceptors (Lipinski definition) is 6. The van der Waals surface area contributed by atoms with Crippen LogP contribution in [0.4, 0.5) is 6.01 Å². The third-order valence-electron chi connectivity index (χ3n) is 2.33. The second kappa shape index (κ2) is 8.47. The van der Waals surface area contributed by atoms with Crippen LogP contribution in [0.15, 0.2) is 4.42 Å². The molecule has 1 rings (SSSR count). The van der Waals surface area contributed by atoms with Crippen LogP contribution in [-0.2, 0) is 11.3 Å². The Bertz CT molecular complexity index is 378. The second-order valence-electron chi connectivity index (χ2n) is 4.56. The zero-order chi connectivity index (χ0) is 14.1. The van der Waals surface area contributed by atoms with Crippen LogP contribution in [-0.4, -0.2) is 35.2 Å². The number of nitrogens with zero attached hydrogens (tertiary/aromatic N) is 2.